The number of aromatic hydroxyl groups is 1. The largest absolute Gasteiger partial charge is 0.503 e. The topological polar surface area (TPSA) is 70.9 Å². The summed E-state index contributed by atoms with van der Waals surface area (Å²) in [4.78, 5) is 11.8. The van der Waals surface area contributed by atoms with Crippen molar-refractivity contribution in [2.75, 3.05) is 6.61 Å². The molecule has 0 aliphatic heterocycles. The Morgan fingerprint density at radius 2 is 2.09 bits per heavy atom. The van der Waals surface area contributed by atoms with Gasteiger partial charge in [-0.1, -0.05) is 30.3 Å². The quantitative estimate of drug-likeness (QED) is 0.600. The number of hydrogen-bond donors (Lipinski definition) is 2. The number of ether oxygens (including phenoxy) is 1. The summed E-state index contributed by atoms with van der Waals surface area (Å²) < 4.78 is 5.84. The number of carbonyl (C=O) groups is 1. The average molecular weight is 377 g/mol. The Morgan fingerprint density at radius 1 is 1.35 bits per heavy atom. The van der Waals surface area contributed by atoms with Gasteiger partial charge < -0.3 is 9.84 Å². The third-order valence-electron chi connectivity index (χ3n) is 2.96. The first-order valence-corrected chi connectivity index (χ1v) is 7.90. The Morgan fingerprint density at radius 3 is 2.78 bits per heavy atom. The van der Waals surface area contributed by atoms with E-state index in [1.165, 1.54) is 6.21 Å². The van der Waals surface area contributed by atoms with Crippen molar-refractivity contribution in [3.63, 3.8) is 0 Å². The lowest BCUT2D eigenvalue weighted by atomic mass is 10.1. The zero-order chi connectivity index (χ0) is 16.7. The molecule has 5 nitrogen and oxygen atoms in total. The van der Waals surface area contributed by atoms with Crippen LogP contribution in [0.1, 0.15) is 18.1 Å². The predicted molar refractivity (Wildman–Crippen MR) is 92.9 cm³/mol. The van der Waals surface area contributed by atoms with Crippen LogP contribution in [0.15, 0.2) is 52.0 Å². The lowest BCUT2D eigenvalue weighted by molar-refractivity contribution is -0.120. The van der Waals surface area contributed by atoms with E-state index in [1.807, 2.05) is 37.3 Å². The summed E-state index contributed by atoms with van der Waals surface area (Å²) in [5, 5.41) is 13.8. The molecule has 0 atom stereocenters. The van der Waals surface area contributed by atoms with Gasteiger partial charge in [-0.25, -0.2) is 5.43 Å². The van der Waals surface area contributed by atoms with Gasteiger partial charge in [-0.2, -0.15) is 5.10 Å². The van der Waals surface area contributed by atoms with Gasteiger partial charge in [0.15, 0.2) is 11.5 Å². The Kier molecular flexibility index (Phi) is 6.17. The molecule has 0 aliphatic rings. The lowest BCUT2D eigenvalue weighted by Crippen LogP contribution is -2.19. The van der Waals surface area contributed by atoms with E-state index >= 15 is 0 Å². The summed E-state index contributed by atoms with van der Waals surface area (Å²) in [5.74, 6) is 0.200. The maximum absolute atomic E-state index is 11.8. The van der Waals surface area contributed by atoms with E-state index in [2.05, 4.69) is 26.5 Å². The molecule has 23 heavy (non-hydrogen) atoms. The van der Waals surface area contributed by atoms with Crippen molar-refractivity contribution in [2.24, 2.45) is 5.10 Å². The molecule has 0 saturated heterocycles. The van der Waals surface area contributed by atoms with E-state index in [0.29, 0.717) is 22.4 Å². The normalized spacial score (nSPS) is 10.7. The first-order chi connectivity index (χ1) is 11.1. The van der Waals surface area contributed by atoms with Gasteiger partial charge in [-0.05, 0) is 46.1 Å². The fraction of sp³-hybridized carbons (Fsp3) is 0.176. The van der Waals surface area contributed by atoms with E-state index in [-0.39, 0.29) is 18.1 Å². The fourth-order valence-corrected chi connectivity index (χ4v) is 2.39. The highest BCUT2D eigenvalue weighted by Gasteiger charge is 2.08. The zero-order valence-corrected chi connectivity index (χ0v) is 14.2. The molecular weight excluding hydrogens is 360 g/mol. The van der Waals surface area contributed by atoms with Gasteiger partial charge in [0, 0.05) is 0 Å². The van der Waals surface area contributed by atoms with Crippen LogP contribution in [0.4, 0.5) is 0 Å². The van der Waals surface area contributed by atoms with Crippen LogP contribution < -0.4 is 10.2 Å². The second-order valence-electron chi connectivity index (χ2n) is 4.74. The Hall–Kier alpha value is -2.34. The second kappa shape index (κ2) is 8.33. The molecule has 0 saturated carbocycles. The van der Waals surface area contributed by atoms with Crippen molar-refractivity contribution in [1.82, 2.24) is 5.43 Å². The molecule has 1 amide bonds. The van der Waals surface area contributed by atoms with Gasteiger partial charge in [0.05, 0.1) is 23.7 Å². The summed E-state index contributed by atoms with van der Waals surface area (Å²) in [6.07, 6.45) is 1.76. The van der Waals surface area contributed by atoms with Crippen molar-refractivity contribution >= 4 is 28.1 Å². The molecule has 0 aliphatic carbocycles. The van der Waals surface area contributed by atoms with Crippen LogP contribution in [0.5, 0.6) is 11.5 Å². The minimum atomic E-state index is -0.199. The molecule has 2 N–H and O–H groups in total. The smallest absolute Gasteiger partial charge is 0.244 e. The molecule has 6 heteroatoms. The number of nitrogens with one attached hydrogen (secondary N) is 1. The minimum absolute atomic E-state index is 0.0390. The van der Waals surface area contributed by atoms with Crippen LogP contribution >= 0.6 is 15.9 Å². The summed E-state index contributed by atoms with van der Waals surface area (Å²) in [7, 11) is 0. The number of hydrazone groups is 1. The maximum Gasteiger partial charge on any atom is 0.244 e. The van der Waals surface area contributed by atoms with Gasteiger partial charge in [-0.15, -0.1) is 0 Å². The Bertz CT molecular complexity index is 702. The number of phenolic OH excluding ortho intramolecular Hbond substituents is 1. The van der Waals surface area contributed by atoms with Crippen LogP contribution in [0.3, 0.4) is 0 Å². The van der Waals surface area contributed by atoms with Crippen LogP contribution in [-0.2, 0) is 11.2 Å². The van der Waals surface area contributed by atoms with E-state index in [0.717, 1.165) is 5.56 Å². The highest BCUT2D eigenvalue weighted by molar-refractivity contribution is 9.10. The first kappa shape index (κ1) is 17.0. The van der Waals surface area contributed by atoms with Crippen LogP contribution in [-0.4, -0.2) is 23.8 Å². The number of amides is 1. The average Bonchev–Trinajstić information content (AvgIpc) is 2.53. The minimum Gasteiger partial charge on any atom is -0.503 e. The van der Waals surface area contributed by atoms with Crippen molar-refractivity contribution in [3.05, 3.63) is 58.1 Å². The highest BCUT2D eigenvalue weighted by Crippen LogP contribution is 2.34. The zero-order valence-electron chi connectivity index (χ0n) is 12.6. The van der Waals surface area contributed by atoms with E-state index in [1.54, 1.807) is 12.1 Å². The molecular formula is C17H17BrN2O3. The van der Waals surface area contributed by atoms with E-state index in [4.69, 9.17) is 4.74 Å². The SMILES string of the molecule is CCOc1cc(C=NNC(=O)Cc2ccccc2)cc(Br)c1O. The predicted octanol–water partition coefficient (Wildman–Crippen LogP) is 3.25. The standard InChI is InChI=1S/C17H17BrN2O3/c1-2-23-15-9-13(8-14(18)17(15)22)11-19-20-16(21)10-12-6-4-3-5-7-12/h3-9,11,22H,2,10H2,1H3,(H,20,21). The third-order valence-corrected chi connectivity index (χ3v) is 3.57. The summed E-state index contributed by atoms with van der Waals surface area (Å²) in [5.41, 5.74) is 4.09. The van der Waals surface area contributed by atoms with Crippen molar-refractivity contribution in [1.29, 1.82) is 0 Å². The monoisotopic (exact) mass is 376 g/mol. The van der Waals surface area contributed by atoms with Gasteiger partial charge in [0.25, 0.3) is 0 Å². The first-order valence-electron chi connectivity index (χ1n) is 7.11. The van der Waals surface area contributed by atoms with Gasteiger partial charge in [0.2, 0.25) is 5.91 Å². The van der Waals surface area contributed by atoms with Gasteiger partial charge >= 0.3 is 0 Å². The van der Waals surface area contributed by atoms with E-state index in [9.17, 15) is 9.90 Å². The maximum atomic E-state index is 11.8. The number of nitrogens with zero attached hydrogens (tertiary/aromatic N) is 1. The highest BCUT2D eigenvalue weighted by atomic mass is 79.9. The van der Waals surface area contributed by atoms with Crippen molar-refractivity contribution in [3.8, 4) is 11.5 Å². The van der Waals surface area contributed by atoms with Crippen LogP contribution in [0, 0.1) is 0 Å². The van der Waals surface area contributed by atoms with Crippen molar-refractivity contribution in [2.45, 2.75) is 13.3 Å². The molecule has 2 aromatic rings. The van der Waals surface area contributed by atoms with Gasteiger partial charge in [-0.3, -0.25) is 4.79 Å². The molecule has 0 aromatic heterocycles. The number of phenols is 1. The summed E-state index contributed by atoms with van der Waals surface area (Å²) in [6.45, 7) is 2.27. The molecule has 0 heterocycles. The van der Waals surface area contributed by atoms with Crippen molar-refractivity contribution < 1.29 is 14.6 Å². The molecule has 0 spiro atoms. The second-order valence-corrected chi connectivity index (χ2v) is 5.59. The molecule has 0 unspecified atom stereocenters. The Balaban J connectivity index is 1.99. The molecule has 0 fully saturated rings. The summed E-state index contributed by atoms with van der Waals surface area (Å²) in [6, 6.07) is 12.8. The van der Waals surface area contributed by atoms with E-state index < -0.39 is 0 Å². The Labute approximate surface area is 143 Å². The number of halogens is 1. The molecule has 120 valence electrons. The third kappa shape index (κ3) is 5.10. The number of benzene rings is 2. The number of hydrogen-bond acceptors (Lipinski definition) is 4. The fourth-order valence-electron chi connectivity index (χ4n) is 1.93. The summed E-state index contributed by atoms with van der Waals surface area (Å²) >= 11 is 3.25. The van der Waals surface area contributed by atoms with Crippen LogP contribution in [0.2, 0.25) is 0 Å². The molecule has 0 radical (unpaired) electrons. The lowest BCUT2D eigenvalue weighted by Gasteiger charge is -2.08. The molecule has 2 rings (SSSR count). The van der Waals surface area contributed by atoms with Gasteiger partial charge in [0.1, 0.15) is 0 Å². The number of carbonyl (C=O) groups excluding carboxylic acids is 1. The molecule has 2 aromatic carbocycles. The van der Waals surface area contributed by atoms with Crippen LogP contribution in [0.25, 0.3) is 0 Å². The molecule has 0 bridgehead atoms. The number of rotatable bonds is 6.